The highest BCUT2D eigenvalue weighted by molar-refractivity contribution is 7.47. The van der Waals surface area contributed by atoms with Crippen molar-refractivity contribution in [2.45, 2.75) is 315 Å². The lowest BCUT2D eigenvalue weighted by atomic mass is 10.0. The van der Waals surface area contributed by atoms with E-state index in [0.717, 1.165) is 44.9 Å². The van der Waals surface area contributed by atoms with E-state index in [9.17, 15) is 19.0 Å². The molecule has 0 amide bonds. The summed E-state index contributed by atoms with van der Waals surface area (Å²) < 4.78 is 32.6. The molecule has 0 fully saturated rings. The predicted molar refractivity (Wildman–Crippen MR) is 275 cm³/mol. The number of unbranched alkanes of at least 4 members (excludes halogenated alkanes) is 42. The second-order valence-corrected chi connectivity index (χ2v) is 21.0. The van der Waals surface area contributed by atoms with Gasteiger partial charge in [-0.1, -0.05) is 284 Å². The van der Waals surface area contributed by atoms with E-state index < -0.39 is 26.5 Å². The fraction of sp³-hybridized carbons (Fsp3) is 0.964. The average Bonchev–Trinajstić information content (AvgIpc) is 3.30. The van der Waals surface area contributed by atoms with E-state index in [-0.39, 0.29) is 38.6 Å². The first-order valence-electron chi connectivity index (χ1n) is 28.5. The summed E-state index contributed by atoms with van der Waals surface area (Å²) in [6, 6.07) is 0. The highest BCUT2D eigenvalue weighted by Crippen LogP contribution is 2.43. The zero-order chi connectivity index (χ0) is 47.4. The van der Waals surface area contributed by atoms with Crippen molar-refractivity contribution in [1.82, 2.24) is 0 Å². The molecule has 65 heavy (non-hydrogen) atoms. The Kier molecular flexibility index (Phi) is 51.6. The maximum absolute atomic E-state index is 12.6. The smallest absolute Gasteiger partial charge is 0.462 e. The van der Waals surface area contributed by atoms with Gasteiger partial charge in [-0.2, -0.15) is 0 Å². The van der Waals surface area contributed by atoms with Crippen LogP contribution in [0.5, 0.6) is 0 Å². The van der Waals surface area contributed by atoms with Gasteiger partial charge in [0, 0.05) is 19.4 Å². The first-order chi connectivity index (χ1) is 31.8. The molecule has 0 aliphatic rings. The minimum atomic E-state index is -4.36. The van der Waals surface area contributed by atoms with Gasteiger partial charge in [0.25, 0.3) is 0 Å². The van der Waals surface area contributed by atoms with Crippen LogP contribution in [0, 0.1) is 0 Å². The Morgan fingerprint density at radius 2 is 0.662 bits per heavy atom. The molecule has 0 saturated carbocycles. The molecule has 0 radical (unpaired) electrons. The van der Waals surface area contributed by atoms with Crippen molar-refractivity contribution in [2.75, 3.05) is 26.4 Å². The van der Waals surface area contributed by atoms with Crippen LogP contribution in [-0.2, 0) is 32.7 Å². The van der Waals surface area contributed by atoms with Gasteiger partial charge in [-0.05, 0) is 12.8 Å². The second-order valence-electron chi connectivity index (χ2n) is 19.5. The molecule has 0 aromatic rings. The lowest BCUT2D eigenvalue weighted by molar-refractivity contribution is -0.161. The first-order valence-corrected chi connectivity index (χ1v) is 30.0. The highest BCUT2D eigenvalue weighted by Gasteiger charge is 2.26. The molecule has 0 aliphatic carbocycles. The van der Waals surface area contributed by atoms with Crippen LogP contribution in [0.1, 0.15) is 309 Å². The van der Waals surface area contributed by atoms with Gasteiger partial charge >= 0.3 is 19.8 Å². The Balaban J connectivity index is 3.55. The van der Waals surface area contributed by atoms with Gasteiger partial charge in [-0.15, -0.1) is 0 Å². The number of ether oxygens (including phenoxy) is 2. The zero-order valence-corrected chi connectivity index (χ0v) is 44.2. The van der Waals surface area contributed by atoms with Crippen molar-refractivity contribution < 1.29 is 37.6 Å². The molecular formula is C55H110NO8P. The number of carbonyl (C=O) groups is 2. The summed E-state index contributed by atoms with van der Waals surface area (Å²) in [5, 5.41) is 0. The van der Waals surface area contributed by atoms with Crippen LogP contribution >= 0.6 is 7.82 Å². The Morgan fingerprint density at radius 1 is 0.400 bits per heavy atom. The van der Waals surface area contributed by atoms with Crippen molar-refractivity contribution >= 4 is 19.8 Å². The molecule has 3 N–H and O–H groups in total. The number of hydrogen-bond donors (Lipinski definition) is 2. The zero-order valence-electron chi connectivity index (χ0n) is 43.3. The van der Waals surface area contributed by atoms with Crippen molar-refractivity contribution in [3.63, 3.8) is 0 Å². The first kappa shape index (κ1) is 64.0. The summed E-state index contributed by atoms with van der Waals surface area (Å²) in [6.45, 7) is 3.68. The van der Waals surface area contributed by atoms with Gasteiger partial charge in [0.05, 0.1) is 13.2 Å². The van der Waals surface area contributed by atoms with Crippen LogP contribution in [0.2, 0.25) is 0 Å². The summed E-state index contributed by atoms with van der Waals surface area (Å²) in [4.78, 5) is 34.6. The van der Waals surface area contributed by atoms with E-state index in [4.69, 9.17) is 24.3 Å². The fourth-order valence-electron chi connectivity index (χ4n) is 8.76. The Bertz CT molecular complexity index is 1030. The minimum absolute atomic E-state index is 0.0575. The maximum Gasteiger partial charge on any atom is 0.472 e. The van der Waals surface area contributed by atoms with Crippen molar-refractivity contribution in [1.29, 1.82) is 0 Å². The summed E-state index contributed by atoms with van der Waals surface area (Å²) in [6.07, 6.45) is 58.4. The van der Waals surface area contributed by atoms with Gasteiger partial charge in [-0.25, -0.2) is 4.57 Å². The van der Waals surface area contributed by atoms with E-state index in [1.807, 2.05) is 0 Å². The normalized spacial score (nSPS) is 13.0. The largest absolute Gasteiger partial charge is 0.472 e. The SMILES string of the molecule is CCCCCCCCCCCCCCCCCCCCCCCCCCCCCCCCCCCCCCCCCC(=O)OC(COC(=O)CCCCCCC)COP(=O)(O)OCCN. The quantitative estimate of drug-likeness (QED) is 0.0347. The topological polar surface area (TPSA) is 134 Å². The van der Waals surface area contributed by atoms with Crippen molar-refractivity contribution in [3.05, 3.63) is 0 Å². The minimum Gasteiger partial charge on any atom is -0.462 e. The van der Waals surface area contributed by atoms with Crippen molar-refractivity contribution in [3.8, 4) is 0 Å². The number of nitrogens with two attached hydrogens (primary N) is 1. The third-order valence-corrected chi connectivity index (χ3v) is 14.0. The number of rotatable bonds is 55. The van der Waals surface area contributed by atoms with Crippen LogP contribution in [0.4, 0.5) is 0 Å². The van der Waals surface area contributed by atoms with Gasteiger partial charge in [-0.3, -0.25) is 18.6 Å². The van der Waals surface area contributed by atoms with E-state index in [2.05, 4.69) is 13.8 Å². The summed E-state index contributed by atoms with van der Waals surface area (Å²) in [5.74, 6) is -0.826. The standard InChI is InChI=1S/C55H110NO8P/c1-3-5-7-9-10-11-12-13-14-15-16-17-18-19-20-21-22-23-24-25-26-27-28-29-30-31-32-33-34-35-36-37-38-39-40-41-42-44-46-48-55(58)64-53(52-63-65(59,60)62-50-49-56)51-61-54(57)47-45-43-8-6-4-2/h53H,3-52,56H2,1-2H3,(H,59,60). The van der Waals surface area contributed by atoms with E-state index in [0.29, 0.717) is 6.42 Å². The van der Waals surface area contributed by atoms with Gasteiger partial charge in [0.1, 0.15) is 6.61 Å². The Morgan fingerprint density at radius 3 is 0.938 bits per heavy atom. The Hall–Kier alpha value is -0.990. The molecule has 2 unspecified atom stereocenters. The average molecular weight is 944 g/mol. The van der Waals surface area contributed by atoms with Crippen LogP contribution in [-0.4, -0.2) is 49.3 Å². The fourth-order valence-corrected chi connectivity index (χ4v) is 9.52. The third kappa shape index (κ3) is 52.2. The molecule has 0 bridgehead atoms. The van der Waals surface area contributed by atoms with Crippen LogP contribution < -0.4 is 5.73 Å². The number of phosphoric acid groups is 1. The second kappa shape index (κ2) is 52.4. The van der Waals surface area contributed by atoms with Gasteiger partial charge in [0.15, 0.2) is 6.10 Å². The highest BCUT2D eigenvalue weighted by atomic mass is 31.2. The van der Waals surface area contributed by atoms with E-state index >= 15 is 0 Å². The van der Waals surface area contributed by atoms with Crippen LogP contribution in [0.15, 0.2) is 0 Å². The maximum atomic E-state index is 12.6. The number of carbonyl (C=O) groups excluding carboxylic acids is 2. The molecule has 10 heteroatoms. The molecule has 0 saturated heterocycles. The Labute approximate surface area is 403 Å². The molecule has 0 rings (SSSR count). The summed E-state index contributed by atoms with van der Waals surface area (Å²) in [5.41, 5.74) is 5.34. The van der Waals surface area contributed by atoms with Crippen LogP contribution in [0.25, 0.3) is 0 Å². The van der Waals surface area contributed by atoms with E-state index in [1.54, 1.807) is 0 Å². The number of hydrogen-bond acceptors (Lipinski definition) is 8. The molecule has 2 atom stereocenters. The molecule has 0 aliphatic heterocycles. The molecular weight excluding hydrogens is 834 g/mol. The number of phosphoric ester groups is 1. The molecule has 0 spiro atoms. The molecule has 388 valence electrons. The third-order valence-electron chi connectivity index (χ3n) is 13.0. The molecule has 0 aromatic carbocycles. The number of esters is 2. The van der Waals surface area contributed by atoms with Crippen LogP contribution in [0.3, 0.4) is 0 Å². The lowest BCUT2D eigenvalue weighted by Gasteiger charge is -2.19. The van der Waals surface area contributed by atoms with Crippen molar-refractivity contribution in [2.24, 2.45) is 5.73 Å². The van der Waals surface area contributed by atoms with E-state index in [1.165, 1.54) is 231 Å². The summed E-state index contributed by atoms with van der Waals surface area (Å²) in [7, 11) is -4.36. The monoisotopic (exact) mass is 944 g/mol. The predicted octanol–water partition coefficient (Wildman–Crippen LogP) is 17.5. The van der Waals surface area contributed by atoms with Gasteiger partial charge in [0.2, 0.25) is 0 Å². The van der Waals surface area contributed by atoms with Gasteiger partial charge < -0.3 is 20.1 Å². The molecule has 0 aromatic heterocycles. The molecule has 0 heterocycles. The summed E-state index contributed by atoms with van der Waals surface area (Å²) >= 11 is 0. The molecule has 9 nitrogen and oxygen atoms in total. The lowest BCUT2D eigenvalue weighted by Crippen LogP contribution is -2.29.